The normalized spacial score (nSPS) is 21.7. The lowest BCUT2D eigenvalue weighted by molar-refractivity contribution is 0.0677. The van der Waals surface area contributed by atoms with Crippen LogP contribution < -0.4 is 10.2 Å². The molecular formula is C25H24N8O2. The molecule has 1 aromatic carbocycles. The zero-order valence-electron chi connectivity index (χ0n) is 19.0. The summed E-state index contributed by atoms with van der Waals surface area (Å²) in [4.78, 5) is 34.9. The maximum atomic E-state index is 11.9. The van der Waals surface area contributed by atoms with E-state index in [4.69, 9.17) is 14.7 Å². The molecule has 3 aromatic heterocycles. The van der Waals surface area contributed by atoms with Gasteiger partial charge in [-0.2, -0.15) is 0 Å². The standard InChI is InChI=1S/C25H24N8O2/c34-25-28-12-18-13-31(8-9-32(18)25)24-26-10-17(11-27-24)19-6-7-20-23(30-19)33-21(14-35-15-22(33)29-20)16-4-2-1-3-5-16/h1-7,10-11,18,21H,8-9,12-15H2,(H,28,34)/t18-,21?/m1/s1. The van der Waals surface area contributed by atoms with Gasteiger partial charge in [-0.1, -0.05) is 30.3 Å². The number of piperazine rings is 1. The number of hydrogen-bond acceptors (Lipinski definition) is 7. The molecule has 0 bridgehead atoms. The Morgan fingerprint density at radius 3 is 2.71 bits per heavy atom. The van der Waals surface area contributed by atoms with E-state index in [0.717, 1.165) is 41.3 Å². The summed E-state index contributed by atoms with van der Waals surface area (Å²) in [5.41, 5.74) is 4.52. The molecular weight excluding hydrogens is 444 g/mol. The fraction of sp³-hybridized carbons (Fsp3) is 0.320. The summed E-state index contributed by atoms with van der Waals surface area (Å²) in [6.07, 6.45) is 3.65. The Bertz CT molecular complexity index is 1400. The second-order valence-corrected chi connectivity index (χ2v) is 9.13. The zero-order valence-corrected chi connectivity index (χ0v) is 19.0. The van der Waals surface area contributed by atoms with E-state index in [0.29, 0.717) is 32.3 Å². The highest BCUT2D eigenvalue weighted by atomic mass is 16.5. The molecule has 1 N–H and O–H groups in total. The van der Waals surface area contributed by atoms with Crippen LogP contribution in [0.25, 0.3) is 22.4 Å². The van der Waals surface area contributed by atoms with Crippen LogP contribution in [-0.4, -0.2) is 74.3 Å². The smallest absolute Gasteiger partial charge is 0.317 e. The number of amides is 2. The third-order valence-corrected chi connectivity index (χ3v) is 7.06. The van der Waals surface area contributed by atoms with E-state index < -0.39 is 0 Å². The van der Waals surface area contributed by atoms with Crippen LogP contribution in [0.1, 0.15) is 17.4 Å². The first-order chi connectivity index (χ1) is 17.2. The number of hydrogen-bond donors (Lipinski definition) is 1. The van der Waals surface area contributed by atoms with E-state index >= 15 is 0 Å². The maximum Gasteiger partial charge on any atom is 0.317 e. The third kappa shape index (κ3) is 3.40. The summed E-state index contributed by atoms with van der Waals surface area (Å²) in [6, 6.07) is 14.5. The summed E-state index contributed by atoms with van der Waals surface area (Å²) in [7, 11) is 0. The number of carbonyl (C=O) groups excluding carboxylic acids is 1. The Kier molecular flexibility index (Phi) is 4.66. The molecule has 176 valence electrons. The average Bonchev–Trinajstić information content (AvgIpc) is 3.48. The third-order valence-electron chi connectivity index (χ3n) is 7.06. The minimum absolute atomic E-state index is 0.0236. The number of aromatic nitrogens is 5. The van der Waals surface area contributed by atoms with Crippen molar-refractivity contribution in [2.75, 3.05) is 37.7 Å². The van der Waals surface area contributed by atoms with Crippen molar-refractivity contribution in [2.45, 2.75) is 18.7 Å². The highest BCUT2D eigenvalue weighted by Gasteiger charge is 2.36. The van der Waals surface area contributed by atoms with Gasteiger partial charge in [0.05, 0.1) is 24.4 Å². The SMILES string of the molecule is O=C1NC[C@@H]2CN(c3ncc(-c4ccc5nc6n(c5n4)C(c4ccccc4)COC6)cn3)CCN12. The molecule has 2 fully saturated rings. The van der Waals surface area contributed by atoms with Crippen molar-refractivity contribution in [3.8, 4) is 11.3 Å². The van der Waals surface area contributed by atoms with E-state index in [9.17, 15) is 4.79 Å². The summed E-state index contributed by atoms with van der Waals surface area (Å²) in [6.45, 7) is 3.86. The quantitative estimate of drug-likeness (QED) is 0.492. The molecule has 2 saturated heterocycles. The molecule has 7 rings (SSSR count). The lowest BCUT2D eigenvalue weighted by atomic mass is 10.1. The zero-order chi connectivity index (χ0) is 23.4. The van der Waals surface area contributed by atoms with Crippen molar-refractivity contribution in [2.24, 2.45) is 0 Å². The molecule has 1 unspecified atom stereocenters. The second-order valence-electron chi connectivity index (χ2n) is 9.13. The Balaban J connectivity index is 1.19. The number of rotatable bonds is 3. The van der Waals surface area contributed by atoms with Gasteiger partial charge >= 0.3 is 6.03 Å². The van der Waals surface area contributed by atoms with Gasteiger partial charge in [-0.3, -0.25) is 0 Å². The molecule has 4 aromatic rings. The molecule has 0 radical (unpaired) electrons. The Hall–Kier alpha value is -4.05. The van der Waals surface area contributed by atoms with Crippen LogP contribution >= 0.6 is 0 Å². The number of urea groups is 1. The maximum absolute atomic E-state index is 11.9. The lowest BCUT2D eigenvalue weighted by Crippen LogP contribution is -2.52. The molecule has 0 spiro atoms. The van der Waals surface area contributed by atoms with Crippen molar-refractivity contribution in [3.63, 3.8) is 0 Å². The van der Waals surface area contributed by atoms with E-state index in [1.54, 1.807) is 0 Å². The molecule has 10 heteroatoms. The second kappa shape index (κ2) is 8.02. The molecule has 2 amide bonds. The van der Waals surface area contributed by atoms with Crippen LogP contribution in [0.15, 0.2) is 54.9 Å². The van der Waals surface area contributed by atoms with Gasteiger partial charge in [0.1, 0.15) is 17.9 Å². The predicted molar refractivity (Wildman–Crippen MR) is 129 cm³/mol. The van der Waals surface area contributed by atoms with Gasteiger partial charge in [-0.15, -0.1) is 0 Å². The van der Waals surface area contributed by atoms with Crippen molar-refractivity contribution < 1.29 is 9.53 Å². The number of benzene rings is 1. The molecule has 3 aliphatic heterocycles. The number of anilines is 1. The topological polar surface area (TPSA) is 101 Å². The monoisotopic (exact) mass is 468 g/mol. The van der Waals surface area contributed by atoms with Crippen molar-refractivity contribution in [1.29, 1.82) is 0 Å². The van der Waals surface area contributed by atoms with Gasteiger partial charge in [-0.05, 0) is 17.7 Å². The number of ether oxygens (including phenoxy) is 1. The largest absolute Gasteiger partial charge is 0.371 e. The van der Waals surface area contributed by atoms with Crippen molar-refractivity contribution in [1.82, 2.24) is 34.7 Å². The van der Waals surface area contributed by atoms with Crippen LogP contribution in [0.3, 0.4) is 0 Å². The van der Waals surface area contributed by atoms with Gasteiger partial charge in [0.15, 0.2) is 5.65 Å². The fourth-order valence-corrected chi connectivity index (χ4v) is 5.27. The van der Waals surface area contributed by atoms with Crippen molar-refractivity contribution >= 4 is 23.1 Å². The minimum atomic E-state index is 0.0236. The predicted octanol–water partition coefficient (Wildman–Crippen LogP) is 2.22. The van der Waals surface area contributed by atoms with Gasteiger partial charge in [-0.25, -0.2) is 24.7 Å². The van der Waals surface area contributed by atoms with Crippen LogP contribution in [-0.2, 0) is 11.3 Å². The first kappa shape index (κ1) is 20.3. The van der Waals surface area contributed by atoms with E-state index in [1.807, 2.05) is 47.6 Å². The minimum Gasteiger partial charge on any atom is -0.371 e. The molecule has 6 heterocycles. The molecule has 0 saturated carbocycles. The first-order valence-corrected chi connectivity index (χ1v) is 11.9. The number of carbonyl (C=O) groups is 1. The highest BCUT2D eigenvalue weighted by Crippen LogP contribution is 2.31. The number of nitrogens with zero attached hydrogens (tertiary/aromatic N) is 7. The summed E-state index contributed by atoms with van der Waals surface area (Å²) in [5, 5.41) is 2.91. The van der Waals surface area contributed by atoms with Crippen molar-refractivity contribution in [3.05, 3.63) is 66.2 Å². The van der Waals surface area contributed by atoms with Crippen LogP contribution in [0, 0.1) is 0 Å². The van der Waals surface area contributed by atoms with E-state index in [-0.39, 0.29) is 18.1 Å². The molecule has 2 atom stereocenters. The first-order valence-electron chi connectivity index (χ1n) is 11.9. The number of pyridine rings is 1. The molecule has 10 nitrogen and oxygen atoms in total. The fourth-order valence-electron chi connectivity index (χ4n) is 5.27. The van der Waals surface area contributed by atoms with Gasteiger partial charge in [0, 0.05) is 44.1 Å². The molecule has 0 aliphatic carbocycles. The number of nitrogens with one attached hydrogen (secondary N) is 1. The Morgan fingerprint density at radius 2 is 1.86 bits per heavy atom. The molecule has 35 heavy (non-hydrogen) atoms. The number of imidazole rings is 1. The van der Waals surface area contributed by atoms with E-state index in [1.165, 1.54) is 5.56 Å². The van der Waals surface area contributed by atoms with Gasteiger partial charge < -0.3 is 24.4 Å². The lowest BCUT2D eigenvalue weighted by Gasteiger charge is -2.36. The van der Waals surface area contributed by atoms with Crippen LogP contribution in [0.4, 0.5) is 10.7 Å². The summed E-state index contributed by atoms with van der Waals surface area (Å²) in [5.74, 6) is 1.56. The van der Waals surface area contributed by atoms with E-state index in [2.05, 4.69) is 36.9 Å². The van der Waals surface area contributed by atoms with Crippen LogP contribution in [0.5, 0.6) is 0 Å². The highest BCUT2D eigenvalue weighted by molar-refractivity contribution is 5.78. The number of fused-ring (bicyclic) bond motifs is 4. The van der Waals surface area contributed by atoms with Gasteiger partial charge in [0.2, 0.25) is 5.95 Å². The van der Waals surface area contributed by atoms with Gasteiger partial charge in [0.25, 0.3) is 0 Å². The average molecular weight is 469 g/mol. The van der Waals surface area contributed by atoms with Crippen LogP contribution in [0.2, 0.25) is 0 Å². The summed E-state index contributed by atoms with van der Waals surface area (Å²) >= 11 is 0. The Morgan fingerprint density at radius 1 is 1.00 bits per heavy atom. The molecule has 3 aliphatic rings. The summed E-state index contributed by atoms with van der Waals surface area (Å²) < 4.78 is 8.05. The Labute approximate surface area is 201 Å².